The van der Waals surface area contributed by atoms with E-state index in [1.807, 2.05) is 18.2 Å². The van der Waals surface area contributed by atoms with Gasteiger partial charge in [0.05, 0.1) is 0 Å². The number of carbonyl (C=O) groups excluding carboxylic acids is 1. The van der Waals surface area contributed by atoms with E-state index in [1.54, 1.807) is 0 Å². The van der Waals surface area contributed by atoms with Crippen molar-refractivity contribution in [1.82, 2.24) is 5.32 Å². The second-order valence-corrected chi connectivity index (χ2v) is 4.74. The normalized spacial score (nSPS) is 16.8. The fourth-order valence-corrected chi connectivity index (χ4v) is 2.11. The van der Waals surface area contributed by atoms with Crippen molar-refractivity contribution in [3.63, 3.8) is 0 Å². The summed E-state index contributed by atoms with van der Waals surface area (Å²) in [5, 5.41) is 3.30. The largest absolute Gasteiger partial charge is 0.368 e. The highest BCUT2D eigenvalue weighted by Crippen LogP contribution is 2.29. The van der Waals surface area contributed by atoms with Gasteiger partial charge < -0.3 is 11.1 Å². The second-order valence-electron chi connectivity index (χ2n) is 4.74. The molecule has 3 nitrogen and oxygen atoms in total. The van der Waals surface area contributed by atoms with Gasteiger partial charge in [0.2, 0.25) is 5.91 Å². The predicted molar refractivity (Wildman–Crippen MR) is 68.5 cm³/mol. The van der Waals surface area contributed by atoms with E-state index in [0.717, 1.165) is 24.4 Å². The van der Waals surface area contributed by atoms with E-state index in [9.17, 15) is 4.79 Å². The first-order valence-corrected chi connectivity index (χ1v) is 6.33. The molecule has 17 heavy (non-hydrogen) atoms. The summed E-state index contributed by atoms with van der Waals surface area (Å²) in [6, 6.07) is 7.68. The number of nitrogens with one attached hydrogen (secondary N) is 1. The third-order valence-electron chi connectivity index (χ3n) is 3.34. The highest BCUT2D eigenvalue weighted by molar-refractivity contribution is 5.81. The number of benzene rings is 1. The van der Waals surface area contributed by atoms with Crippen LogP contribution >= 0.6 is 0 Å². The van der Waals surface area contributed by atoms with Gasteiger partial charge in [-0.15, -0.1) is 0 Å². The Kier molecular flexibility index (Phi) is 3.79. The van der Waals surface area contributed by atoms with Gasteiger partial charge >= 0.3 is 0 Å². The lowest BCUT2D eigenvalue weighted by Gasteiger charge is -2.18. The van der Waals surface area contributed by atoms with Crippen LogP contribution in [-0.2, 0) is 11.2 Å². The number of primary amides is 1. The zero-order chi connectivity index (χ0) is 12.3. The summed E-state index contributed by atoms with van der Waals surface area (Å²) in [5.74, 6) is 0.456. The molecule has 1 unspecified atom stereocenters. The lowest BCUT2D eigenvalue weighted by atomic mass is 9.98. The molecule has 0 spiro atoms. The van der Waals surface area contributed by atoms with E-state index in [-0.39, 0.29) is 11.9 Å². The fourth-order valence-electron chi connectivity index (χ4n) is 2.11. The summed E-state index contributed by atoms with van der Waals surface area (Å²) in [6.45, 7) is 2.99. The molecular formula is C14H20N2O. The van der Waals surface area contributed by atoms with Crippen molar-refractivity contribution in [2.75, 3.05) is 6.54 Å². The first-order chi connectivity index (χ1) is 8.22. The molecule has 1 aliphatic carbocycles. The van der Waals surface area contributed by atoms with Crippen molar-refractivity contribution in [2.24, 2.45) is 11.7 Å². The molecule has 2 rings (SSSR count). The van der Waals surface area contributed by atoms with E-state index in [4.69, 9.17) is 5.73 Å². The maximum atomic E-state index is 11.6. The van der Waals surface area contributed by atoms with Crippen molar-refractivity contribution < 1.29 is 4.79 Å². The monoisotopic (exact) mass is 232 g/mol. The Balaban J connectivity index is 2.14. The zero-order valence-corrected chi connectivity index (χ0v) is 10.3. The van der Waals surface area contributed by atoms with E-state index in [2.05, 4.69) is 18.3 Å². The van der Waals surface area contributed by atoms with Gasteiger partial charge in [-0.3, -0.25) is 4.79 Å². The highest BCUT2D eigenvalue weighted by Gasteiger charge is 2.25. The minimum absolute atomic E-state index is 0.286. The molecule has 3 heteroatoms. The molecule has 1 saturated carbocycles. The average Bonchev–Trinajstić information content (AvgIpc) is 3.13. The van der Waals surface area contributed by atoms with Gasteiger partial charge in [-0.1, -0.05) is 31.2 Å². The molecule has 0 saturated heterocycles. The van der Waals surface area contributed by atoms with Gasteiger partial charge in [0.25, 0.3) is 0 Å². The fraction of sp³-hybridized carbons (Fsp3) is 0.500. The molecule has 0 radical (unpaired) electrons. The SMILES string of the molecule is CCc1ccccc1C(NCC1CC1)C(N)=O. The molecule has 3 N–H and O–H groups in total. The Bertz CT molecular complexity index is 399. The Hall–Kier alpha value is -1.35. The molecule has 1 fully saturated rings. The van der Waals surface area contributed by atoms with Crippen LogP contribution in [0.1, 0.15) is 36.9 Å². The lowest BCUT2D eigenvalue weighted by molar-refractivity contribution is -0.120. The van der Waals surface area contributed by atoms with Crippen LogP contribution in [0.25, 0.3) is 0 Å². The lowest BCUT2D eigenvalue weighted by Crippen LogP contribution is -2.35. The van der Waals surface area contributed by atoms with Crippen LogP contribution in [0.15, 0.2) is 24.3 Å². The van der Waals surface area contributed by atoms with E-state index >= 15 is 0 Å². The summed E-state index contributed by atoms with van der Waals surface area (Å²) in [6.07, 6.45) is 3.47. The highest BCUT2D eigenvalue weighted by atomic mass is 16.1. The number of amides is 1. The molecule has 1 aromatic carbocycles. The third kappa shape index (κ3) is 3.07. The van der Waals surface area contributed by atoms with Crippen molar-refractivity contribution in [3.05, 3.63) is 35.4 Å². The van der Waals surface area contributed by atoms with Gasteiger partial charge in [0.15, 0.2) is 0 Å². The number of hydrogen-bond acceptors (Lipinski definition) is 2. The molecular weight excluding hydrogens is 212 g/mol. The summed E-state index contributed by atoms with van der Waals surface area (Å²) in [4.78, 5) is 11.6. The number of carbonyl (C=O) groups is 1. The summed E-state index contributed by atoms with van der Waals surface area (Å²) < 4.78 is 0. The van der Waals surface area contributed by atoms with E-state index in [0.29, 0.717) is 0 Å². The van der Waals surface area contributed by atoms with Gasteiger partial charge in [-0.05, 0) is 42.9 Å². The second kappa shape index (κ2) is 5.32. The first-order valence-electron chi connectivity index (χ1n) is 6.33. The minimum Gasteiger partial charge on any atom is -0.368 e. The number of aryl methyl sites for hydroxylation is 1. The molecule has 1 aliphatic rings. The Morgan fingerprint density at radius 3 is 2.76 bits per heavy atom. The van der Waals surface area contributed by atoms with Gasteiger partial charge in [0.1, 0.15) is 6.04 Å². The number of hydrogen-bond donors (Lipinski definition) is 2. The van der Waals surface area contributed by atoms with Gasteiger partial charge in [-0.25, -0.2) is 0 Å². The predicted octanol–water partition coefficient (Wildman–Crippen LogP) is 1.77. The van der Waals surface area contributed by atoms with Crippen LogP contribution in [0, 0.1) is 5.92 Å². The summed E-state index contributed by atoms with van der Waals surface area (Å²) in [7, 11) is 0. The van der Waals surface area contributed by atoms with E-state index < -0.39 is 0 Å². The molecule has 0 bridgehead atoms. The summed E-state index contributed by atoms with van der Waals surface area (Å²) in [5.41, 5.74) is 7.72. The topological polar surface area (TPSA) is 55.1 Å². The molecule has 0 aliphatic heterocycles. The zero-order valence-electron chi connectivity index (χ0n) is 10.3. The standard InChI is InChI=1S/C14H20N2O/c1-2-11-5-3-4-6-12(11)13(14(15)17)16-9-10-7-8-10/h3-6,10,13,16H,2,7-9H2,1H3,(H2,15,17). The Labute approximate surface area is 102 Å². The molecule has 0 aromatic heterocycles. The minimum atomic E-state index is -0.341. The Morgan fingerprint density at radius 1 is 1.47 bits per heavy atom. The molecule has 92 valence electrons. The van der Waals surface area contributed by atoms with Crippen molar-refractivity contribution >= 4 is 5.91 Å². The van der Waals surface area contributed by atoms with Crippen molar-refractivity contribution in [1.29, 1.82) is 0 Å². The van der Waals surface area contributed by atoms with Crippen LogP contribution in [0.4, 0.5) is 0 Å². The van der Waals surface area contributed by atoms with E-state index in [1.165, 1.54) is 18.4 Å². The van der Waals surface area contributed by atoms with Crippen LogP contribution in [-0.4, -0.2) is 12.5 Å². The van der Waals surface area contributed by atoms with Crippen molar-refractivity contribution in [2.45, 2.75) is 32.2 Å². The molecule has 1 atom stereocenters. The molecule has 0 heterocycles. The third-order valence-corrected chi connectivity index (χ3v) is 3.34. The van der Waals surface area contributed by atoms with Crippen LogP contribution in [0.3, 0.4) is 0 Å². The van der Waals surface area contributed by atoms with Crippen LogP contribution < -0.4 is 11.1 Å². The number of rotatable bonds is 6. The maximum Gasteiger partial charge on any atom is 0.239 e. The van der Waals surface area contributed by atoms with Crippen molar-refractivity contribution in [3.8, 4) is 0 Å². The first kappa shape index (κ1) is 12.1. The average molecular weight is 232 g/mol. The molecule has 1 aromatic rings. The van der Waals surface area contributed by atoms with Gasteiger partial charge in [0, 0.05) is 0 Å². The van der Waals surface area contributed by atoms with Crippen LogP contribution in [0.5, 0.6) is 0 Å². The maximum absolute atomic E-state index is 11.6. The quantitative estimate of drug-likeness (QED) is 0.785. The smallest absolute Gasteiger partial charge is 0.239 e. The molecule has 1 amide bonds. The van der Waals surface area contributed by atoms with Crippen LogP contribution in [0.2, 0.25) is 0 Å². The number of nitrogens with two attached hydrogens (primary N) is 1. The summed E-state index contributed by atoms with van der Waals surface area (Å²) >= 11 is 0. The Morgan fingerprint density at radius 2 is 2.18 bits per heavy atom. The van der Waals surface area contributed by atoms with Gasteiger partial charge in [-0.2, -0.15) is 0 Å².